The number of nitrogens with one attached hydrogen (secondary N) is 1. The van der Waals surface area contributed by atoms with Crippen molar-refractivity contribution in [2.24, 2.45) is 5.92 Å². The van der Waals surface area contributed by atoms with Gasteiger partial charge >= 0.3 is 0 Å². The molecule has 0 radical (unpaired) electrons. The van der Waals surface area contributed by atoms with Crippen LogP contribution in [0.4, 0.5) is 0 Å². The van der Waals surface area contributed by atoms with Gasteiger partial charge in [0.2, 0.25) is 5.91 Å². The first-order chi connectivity index (χ1) is 14.2. The highest BCUT2D eigenvalue weighted by atomic mass is 16.5. The summed E-state index contributed by atoms with van der Waals surface area (Å²) in [4.78, 5) is 27.4. The zero-order chi connectivity index (χ0) is 22.3. The Morgan fingerprint density at radius 2 is 1.70 bits per heavy atom. The molecule has 5 nitrogen and oxygen atoms in total. The van der Waals surface area contributed by atoms with Crippen molar-refractivity contribution in [3.8, 4) is 5.75 Å². The largest absolute Gasteiger partial charge is 0.483 e. The lowest BCUT2D eigenvalue weighted by atomic mass is 10.1. The molecule has 0 spiro atoms. The van der Waals surface area contributed by atoms with Crippen molar-refractivity contribution >= 4 is 11.8 Å². The van der Waals surface area contributed by atoms with E-state index < -0.39 is 6.04 Å². The van der Waals surface area contributed by atoms with Crippen LogP contribution in [0.5, 0.6) is 5.75 Å². The van der Waals surface area contributed by atoms with Gasteiger partial charge in [-0.2, -0.15) is 0 Å². The topological polar surface area (TPSA) is 58.6 Å². The van der Waals surface area contributed by atoms with E-state index in [0.29, 0.717) is 24.8 Å². The minimum absolute atomic E-state index is 0.114. The summed E-state index contributed by atoms with van der Waals surface area (Å²) in [5.41, 5.74) is 4.22. The maximum absolute atomic E-state index is 13.1. The molecule has 0 unspecified atom stereocenters. The normalized spacial score (nSPS) is 11.8. The number of hydrogen-bond donors (Lipinski definition) is 1. The minimum atomic E-state index is -0.599. The molecule has 1 atom stereocenters. The third-order valence-electron chi connectivity index (χ3n) is 5.14. The van der Waals surface area contributed by atoms with Crippen molar-refractivity contribution in [1.29, 1.82) is 0 Å². The summed E-state index contributed by atoms with van der Waals surface area (Å²) in [6.45, 7) is 12.7. The Morgan fingerprint density at radius 3 is 2.33 bits per heavy atom. The van der Waals surface area contributed by atoms with Gasteiger partial charge in [0.1, 0.15) is 11.8 Å². The van der Waals surface area contributed by atoms with E-state index in [4.69, 9.17) is 4.74 Å². The van der Waals surface area contributed by atoms with Crippen molar-refractivity contribution in [3.63, 3.8) is 0 Å². The first kappa shape index (κ1) is 23.5. The van der Waals surface area contributed by atoms with Gasteiger partial charge < -0.3 is 15.0 Å². The van der Waals surface area contributed by atoms with Crippen LogP contribution in [0.2, 0.25) is 0 Å². The van der Waals surface area contributed by atoms with E-state index in [9.17, 15) is 9.59 Å². The number of carbonyl (C=O) groups is 2. The van der Waals surface area contributed by atoms with Crippen LogP contribution in [-0.4, -0.2) is 35.9 Å². The van der Waals surface area contributed by atoms with E-state index in [2.05, 4.69) is 5.32 Å². The van der Waals surface area contributed by atoms with Gasteiger partial charge in [0.25, 0.3) is 5.91 Å². The number of rotatable bonds is 9. The number of nitrogens with zero attached hydrogens (tertiary/aromatic N) is 1. The van der Waals surface area contributed by atoms with Crippen molar-refractivity contribution in [2.75, 3.05) is 13.2 Å². The molecule has 5 heteroatoms. The number of amides is 2. The molecule has 0 saturated heterocycles. The Balaban J connectivity index is 2.17. The first-order valence-corrected chi connectivity index (χ1v) is 10.5. The van der Waals surface area contributed by atoms with Crippen LogP contribution < -0.4 is 10.1 Å². The number of hydrogen-bond acceptors (Lipinski definition) is 3. The van der Waals surface area contributed by atoms with Gasteiger partial charge in [-0.1, -0.05) is 55.8 Å². The lowest BCUT2D eigenvalue weighted by molar-refractivity contribution is -0.142. The average Bonchev–Trinajstić information content (AvgIpc) is 2.70. The van der Waals surface area contributed by atoms with E-state index >= 15 is 0 Å². The second kappa shape index (κ2) is 10.8. The molecule has 2 aromatic carbocycles. The summed E-state index contributed by atoms with van der Waals surface area (Å²) in [7, 11) is 0. The predicted octanol–water partition coefficient (Wildman–Crippen LogP) is 4.18. The zero-order valence-electron chi connectivity index (χ0n) is 19.0. The van der Waals surface area contributed by atoms with Crippen LogP contribution in [0.1, 0.15) is 43.0 Å². The standard InChI is InChI=1S/C25H34N2O3/c1-17(2)14-26-25(29)21(6)27(15-22-10-8-7-9-19(22)4)24(28)16-30-23-12-11-18(3)13-20(23)5/h7-13,17,21H,14-16H2,1-6H3,(H,26,29)/t21-/m0/s1. The number of aryl methyl sites for hydroxylation is 3. The molecule has 30 heavy (non-hydrogen) atoms. The zero-order valence-corrected chi connectivity index (χ0v) is 19.0. The molecular formula is C25H34N2O3. The average molecular weight is 411 g/mol. The summed E-state index contributed by atoms with van der Waals surface area (Å²) in [6, 6.07) is 13.2. The molecule has 0 saturated carbocycles. The smallest absolute Gasteiger partial charge is 0.261 e. The van der Waals surface area contributed by atoms with Crippen molar-refractivity contribution in [3.05, 3.63) is 64.7 Å². The van der Waals surface area contributed by atoms with Gasteiger partial charge in [-0.3, -0.25) is 9.59 Å². The summed E-state index contributed by atoms with van der Waals surface area (Å²) in [5.74, 6) is 0.652. The molecule has 1 N–H and O–H groups in total. The summed E-state index contributed by atoms with van der Waals surface area (Å²) >= 11 is 0. The molecular weight excluding hydrogens is 376 g/mol. The van der Waals surface area contributed by atoms with E-state index in [0.717, 1.165) is 22.3 Å². The maximum Gasteiger partial charge on any atom is 0.261 e. The van der Waals surface area contributed by atoms with Gasteiger partial charge in [0.15, 0.2) is 6.61 Å². The highest BCUT2D eigenvalue weighted by Gasteiger charge is 2.27. The Labute approximate surface area is 180 Å². The second-order valence-electron chi connectivity index (χ2n) is 8.32. The molecule has 2 amide bonds. The summed E-state index contributed by atoms with van der Waals surface area (Å²) in [5, 5.41) is 2.93. The lowest BCUT2D eigenvalue weighted by Gasteiger charge is -2.29. The highest BCUT2D eigenvalue weighted by molar-refractivity contribution is 5.88. The van der Waals surface area contributed by atoms with E-state index in [1.165, 1.54) is 0 Å². The molecule has 0 aliphatic heterocycles. The van der Waals surface area contributed by atoms with E-state index in [1.54, 1.807) is 11.8 Å². The fraction of sp³-hybridized carbons (Fsp3) is 0.440. The molecule has 0 heterocycles. The third kappa shape index (κ3) is 6.61. The Morgan fingerprint density at radius 1 is 1.00 bits per heavy atom. The predicted molar refractivity (Wildman–Crippen MR) is 120 cm³/mol. The molecule has 2 rings (SSSR count). The Kier molecular flexibility index (Phi) is 8.46. The van der Waals surface area contributed by atoms with Crippen LogP contribution in [0, 0.1) is 26.7 Å². The van der Waals surface area contributed by atoms with Crippen LogP contribution in [-0.2, 0) is 16.1 Å². The monoisotopic (exact) mass is 410 g/mol. The number of ether oxygens (including phenoxy) is 1. The van der Waals surface area contributed by atoms with Crippen LogP contribution in [0.3, 0.4) is 0 Å². The molecule has 162 valence electrons. The Bertz CT molecular complexity index is 876. The van der Waals surface area contributed by atoms with Gasteiger partial charge in [0.05, 0.1) is 0 Å². The van der Waals surface area contributed by atoms with Gasteiger partial charge in [-0.05, 0) is 56.4 Å². The van der Waals surface area contributed by atoms with Crippen molar-refractivity contribution < 1.29 is 14.3 Å². The lowest BCUT2D eigenvalue weighted by Crippen LogP contribution is -2.49. The fourth-order valence-corrected chi connectivity index (χ4v) is 3.19. The molecule has 0 aromatic heterocycles. The van der Waals surface area contributed by atoms with Crippen LogP contribution in [0.15, 0.2) is 42.5 Å². The van der Waals surface area contributed by atoms with Crippen molar-refractivity contribution in [1.82, 2.24) is 10.2 Å². The van der Waals surface area contributed by atoms with Crippen LogP contribution in [0.25, 0.3) is 0 Å². The van der Waals surface area contributed by atoms with E-state index in [1.807, 2.05) is 77.1 Å². The van der Waals surface area contributed by atoms with Crippen LogP contribution >= 0.6 is 0 Å². The Hall–Kier alpha value is -2.82. The van der Waals surface area contributed by atoms with Crippen molar-refractivity contribution in [2.45, 2.75) is 54.1 Å². The van der Waals surface area contributed by atoms with Gasteiger partial charge in [0, 0.05) is 13.1 Å². The number of benzene rings is 2. The quantitative estimate of drug-likeness (QED) is 0.675. The molecule has 0 aliphatic rings. The molecule has 2 aromatic rings. The molecule has 0 bridgehead atoms. The number of carbonyl (C=O) groups excluding carboxylic acids is 2. The van der Waals surface area contributed by atoms with Gasteiger partial charge in [-0.15, -0.1) is 0 Å². The molecule has 0 aliphatic carbocycles. The SMILES string of the molecule is Cc1ccc(OCC(=O)N(Cc2ccccc2C)[C@@H](C)C(=O)NCC(C)C)c(C)c1. The first-order valence-electron chi connectivity index (χ1n) is 10.5. The van der Waals surface area contributed by atoms with Gasteiger partial charge in [-0.25, -0.2) is 0 Å². The fourth-order valence-electron chi connectivity index (χ4n) is 3.19. The summed E-state index contributed by atoms with van der Waals surface area (Å²) < 4.78 is 5.81. The maximum atomic E-state index is 13.1. The summed E-state index contributed by atoms with van der Waals surface area (Å²) in [6.07, 6.45) is 0. The van der Waals surface area contributed by atoms with E-state index in [-0.39, 0.29) is 18.4 Å². The highest BCUT2D eigenvalue weighted by Crippen LogP contribution is 2.19. The second-order valence-corrected chi connectivity index (χ2v) is 8.32. The molecule has 0 fully saturated rings. The third-order valence-corrected chi connectivity index (χ3v) is 5.14. The minimum Gasteiger partial charge on any atom is -0.483 e.